The number of anilines is 4. The molecule has 2 aromatic heterocycles. The van der Waals surface area contributed by atoms with Gasteiger partial charge in [0, 0.05) is 9.72 Å². The maximum Gasteiger partial charge on any atom is 0.434 e. The molecule has 0 saturated carbocycles. The number of hydroxylamine groups is 2. The van der Waals surface area contributed by atoms with Crippen LogP contribution in [-0.2, 0) is 9.68 Å². The van der Waals surface area contributed by atoms with Crippen LogP contribution >= 0.6 is 0 Å². The number of rotatable bonds is 6. The van der Waals surface area contributed by atoms with E-state index < -0.39 is 6.17 Å². The van der Waals surface area contributed by atoms with Crippen LogP contribution in [0.2, 0.25) is 0 Å². The molecule has 0 bridgehead atoms. The van der Waals surface area contributed by atoms with Crippen molar-refractivity contribution in [2.75, 3.05) is 31.0 Å². The van der Waals surface area contributed by atoms with E-state index in [0.29, 0.717) is 0 Å². The van der Waals surface area contributed by atoms with Crippen LogP contribution in [-0.4, -0.2) is 57.3 Å². The average molecular weight is 342 g/mol. The van der Waals surface area contributed by atoms with Crippen LogP contribution in [0.15, 0.2) is 19.8 Å². The van der Waals surface area contributed by atoms with E-state index in [1.165, 1.54) is 4.90 Å². The van der Waals surface area contributed by atoms with Crippen molar-refractivity contribution in [1.29, 1.82) is 0 Å². The Morgan fingerprint density at radius 3 is 2.00 bits per heavy atom. The Balaban J connectivity index is 1.97. The Kier molecular flexibility index (Phi) is 3.91. The lowest BCUT2D eigenvalue weighted by Gasteiger charge is -2.23. The minimum Gasteiger partial charge on any atom is -0.592 e. The summed E-state index contributed by atoms with van der Waals surface area (Å²) in [6, 6.07) is 0. The molecule has 0 radical (unpaired) electrons. The van der Waals surface area contributed by atoms with E-state index in [-0.39, 0.29) is 39.5 Å². The van der Waals surface area contributed by atoms with Crippen LogP contribution in [0.5, 0.6) is 0 Å². The van der Waals surface area contributed by atoms with Crippen LogP contribution in [0.25, 0.3) is 0 Å². The molecule has 0 spiro atoms. The van der Waals surface area contributed by atoms with Crippen LogP contribution < -0.4 is 10.2 Å². The van der Waals surface area contributed by atoms with Crippen molar-refractivity contribution in [1.82, 2.24) is 20.6 Å². The van der Waals surface area contributed by atoms with E-state index in [0.717, 1.165) is 14.2 Å². The summed E-state index contributed by atoms with van der Waals surface area (Å²) in [5.41, 5.74) is 0. The molecule has 0 atom stereocenters. The van der Waals surface area contributed by atoms with Gasteiger partial charge in [-0.3, -0.25) is 4.90 Å². The van der Waals surface area contributed by atoms with Crippen molar-refractivity contribution in [3.8, 4) is 0 Å². The zero-order chi connectivity index (χ0) is 17.1. The second-order valence-corrected chi connectivity index (χ2v) is 4.22. The smallest absolute Gasteiger partial charge is 0.434 e. The summed E-state index contributed by atoms with van der Waals surface area (Å²) in [5.74, 6) is 0.693. The van der Waals surface area contributed by atoms with Crippen molar-refractivity contribution in [3.63, 3.8) is 0 Å². The van der Waals surface area contributed by atoms with Gasteiger partial charge in [-0.05, 0) is 20.6 Å². The molecule has 0 aliphatic carbocycles. The summed E-state index contributed by atoms with van der Waals surface area (Å²) in [7, 11) is 2.30. The van der Waals surface area contributed by atoms with Crippen molar-refractivity contribution < 1.29 is 28.7 Å². The Labute approximate surface area is 131 Å². The highest BCUT2D eigenvalue weighted by atomic mass is 16.7. The standard InChI is InChI=1S/C8H10N10O6/c1-21-14-17(19)4(18(20)15-22-2)3-16-7-5(10-23-12-7)9-6-8(16)13-24-11-6/h4H,3H2,1-2H3,(H,9,10,11)/b17-14-,18-15-. The largest absolute Gasteiger partial charge is 0.592 e. The highest BCUT2D eigenvalue weighted by Gasteiger charge is 2.40. The fourth-order valence-electron chi connectivity index (χ4n) is 1.92. The molecule has 1 aliphatic heterocycles. The molecule has 0 fully saturated rings. The first-order valence-electron chi connectivity index (χ1n) is 6.26. The molecule has 0 saturated heterocycles. The first-order chi connectivity index (χ1) is 11.7. The lowest BCUT2D eigenvalue weighted by atomic mass is 10.3. The topological polar surface area (TPSA) is 188 Å². The second-order valence-electron chi connectivity index (χ2n) is 4.22. The molecule has 0 unspecified atom stereocenters. The highest BCUT2D eigenvalue weighted by molar-refractivity contribution is 5.82. The molecule has 3 heterocycles. The zero-order valence-corrected chi connectivity index (χ0v) is 12.3. The number of hydrogen-bond acceptors (Lipinski definition) is 14. The number of hydrogen-bond donors (Lipinski definition) is 1. The summed E-state index contributed by atoms with van der Waals surface area (Å²) >= 11 is 0. The van der Waals surface area contributed by atoms with Gasteiger partial charge in [-0.15, -0.1) is 0 Å². The molecule has 0 aromatic carbocycles. The lowest BCUT2D eigenvalue weighted by Crippen LogP contribution is -2.42. The SMILES string of the molecule is CO/N=[N+](\[O-])C(CN1c2nonc2Nc2nonc21)/[N+]([O-])=N/OC. The summed E-state index contributed by atoms with van der Waals surface area (Å²) in [4.78, 5) is 10.1. The van der Waals surface area contributed by atoms with Gasteiger partial charge < -0.3 is 25.4 Å². The van der Waals surface area contributed by atoms with E-state index in [4.69, 9.17) is 0 Å². The predicted molar refractivity (Wildman–Crippen MR) is 68.8 cm³/mol. The van der Waals surface area contributed by atoms with Gasteiger partial charge in [-0.25, -0.2) is 9.26 Å². The van der Waals surface area contributed by atoms with E-state index in [2.05, 4.69) is 55.4 Å². The van der Waals surface area contributed by atoms with E-state index in [9.17, 15) is 10.4 Å². The molecule has 16 nitrogen and oxygen atoms in total. The van der Waals surface area contributed by atoms with Gasteiger partial charge in [0.05, 0.1) is 0 Å². The first kappa shape index (κ1) is 15.2. The predicted octanol–water partition coefficient (Wildman–Crippen LogP) is 0.0216. The van der Waals surface area contributed by atoms with Crippen LogP contribution in [0.4, 0.5) is 23.3 Å². The van der Waals surface area contributed by atoms with Gasteiger partial charge >= 0.3 is 6.17 Å². The number of fused-ring (bicyclic) bond motifs is 2. The van der Waals surface area contributed by atoms with Crippen LogP contribution in [0, 0.1) is 10.4 Å². The fourth-order valence-corrected chi connectivity index (χ4v) is 1.92. The van der Waals surface area contributed by atoms with Crippen LogP contribution in [0.1, 0.15) is 0 Å². The molecular weight excluding hydrogens is 332 g/mol. The maximum absolute atomic E-state index is 11.9. The summed E-state index contributed by atoms with van der Waals surface area (Å²) in [5, 5.41) is 47.5. The molecule has 1 aliphatic rings. The minimum absolute atomic E-state index is 0.00206. The molecule has 0 amide bonds. The summed E-state index contributed by atoms with van der Waals surface area (Å²) in [6.07, 6.45) is -1.52. The third kappa shape index (κ3) is 2.55. The van der Waals surface area contributed by atoms with Gasteiger partial charge in [-0.2, -0.15) is 0 Å². The number of nitrogens with one attached hydrogen (secondary N) is 1. The average Bonchev–Trinajstić information content (AvgIpc) is 3.20. The maximum atomic E-state index is 11.9. The highest BCUT2D eigenvalue weighted by Crippen LogP contribution is 2.39. The van der Waals surface area contributed by atoms with Gasteiger partial charge in [0.15, 0.2) is 6.54 Å². The molecule has 3 rings (SSSR count). The molecular formula is C8H10N10O6. The van der Waals surface area contributed by atoms with Crippen molar-refractivity contribution >= 4 is 23.3 Å². The quantitative estimate of drug-likeness (QED) is 0.321. The van der Waals surface area contributed by atoms with Gasteiger partial charge in [0.2, 0.25) is 33.8 Å². The van der Waals surface area contributed by atoms with E-state index >= 15 is 0 Å². The third-order valence-electron chi connectivity index (χ3n) is 2.87. The van der Waals surface area contributed by atoms with Crippen molar-refractivity contribution in [2.45, 2.75) is 6.17 Å². The molecule has 1 N–H and O–H groups in total. The fraction of sp³-hybridized carbons (Fsp3) is 0.500. The molecule has 128 valence electrons. The van der Waals surface area contributed by atoms with Gasteiger partial charge in [0.25, 0.3) is 0 Å². The zero-order valence-electron chi connectivity index (χ0n) is 12.3. The number of aromatic nitrogens is 4. The Bertz CT molecular complexity index is 709. The normalized spacial score (nSPS) is 15.3. The lowest BCUT2D eigenvalue weighted by molar-refractivity contribution is -0.793. The third-order valence-corrected chi connectivity index (χ3v) is 2.87. The Hall–Kier alpha value is -3.72. The Morgan fingerprint density at radius 1 is 1.04 bits per heavy atom. The number of nitrogens with zero attached hydrogens (tertiary/aromatic N) is 9. The summed E-state index contributed by atoms with van der Waals surface area (Å²) < 4.78 is 9.25. The monoisotopic (exact) mass is 342 g/mol. The molecule has 24 heavy (non-hydrogen) atoms. The van der Waals surface area contributed by atoms with Crippen molar-refractivity contribution in [3.05, 3.63) is 10.4 Å². The molecule has 2 aromatic rings. The first-order valence-corrected chi connectivity index (χ1v) is 6.26. The van der Waals surface area contributed by atoms with E-state index in [1.54, 1.807) is 0 Å². The molecule has 16 heteroatoms. The van der Waals surface area contributed by atoms with Crippen molar-refractivity contribution in [2.24, 2.45) is 10.6 Å². The second kappa shape index (κ2) is 6.18. The van der Waals surface area contributed by atoms with Gasteiger partial charge in [-0.1, -0.05) is 0 Å². The Morgan fingerprint density at radius 2 is 1.54 bits per heavy atom. The van der Waals surface area contributed by atoms with Crippen LogP contribution in [0.3, 0.4) is 0 Å². The minimum atomic E-state index is -1.52. The summed E-state index contributed by atoms with van der Waals surface area (Å²) in [6.45, 7) is -0.323. The van der Waals surface area contributed by atoms with E-state index in [1.807, 2.05) is 0 Å². The van der Waals surface area contributed by atoms with Gasteiger partial charge in [0.1, 0.15) is 14.2 Å².